The number of aryl methyl sites for hydroxylation is 1. The lowest BCUT2D eigenvalue weighted by molar-refractivity contribution is -0.670. The lowest BCUT2D eigenvalue weighted by Gasteiger charge is -2.05. The number of carbonyl (C=O) groups is 1. The summed E-state index contributed by atoms with van der Waals surface area (Å²) in [5, 5.41) is 13.2. The highest BCUT2D eigenvalue weighted by atomic mass is 35.5. The monoisotopic (exact) mass is 440 g/mol. The van der Waals surface area contributed by atoms with Crippen molar-refractivity contribution in [3.63, 3.8) is 0 Å². The summed E-state index contributed by atoms with van der Waals surface area (Å²) in [4.78, 5) is 30.6. The number of nitrogens with zero attached hydrogens (tertiary/aromatic N) is 2. The Kier molecular flexibility index (Phi) is 6.72. The van der Waals surface area contributed by atoms with E-state index in [0.717, 1.165) is 30.0 Å². The molecule has 3 aromatic rings. The van der Waals surface area contributed by atoms with Gasteiger partial charge in [0.25, 0.3) is 0 Å². The maximum absolute atomic E-state index is 12.6. The predicted octanol–water partition coefficient (Wildman–Crippen LogP) is 3.06. The molecule has 0 fully saturated rings. The molecule has 6 nitrogen and oxygen atoms in total. The number of hydrogen-bond acceptors (Lipinski definition) is 5. The third-order valence-electron chi connectivity index (χ3n) is 4.28. The van der Waals surface area contributed by atoms with E-state index >= 15 is 0 Å². The van der Waals surface area contributed by atoms with Gasteiger partial charge in [-0.1, -0.05) is 47.5 Å². The number of ketones is 1. The first kappa shape index (κ1) is 20.8. The third-order valence-corrected chi connectivity index (χ3v) is 6.03. The Balaban J connectivity index is 1.81. The third kappa shape index (κ3) is 4.55. The highest BCUT2D eigenvalue weighted by Crippen LogP contribution is 2.24. The van der Waals surface area contributed by atoms with Gasteiger partial charge in [0.05, 0.1) is 21.5 Å². The van der Waals surface area contributed by atoms with Gasteiger partial charge in [-0.25, -0.2) is 4.98 Å². The van der Waals surface area contributed by atoms with Crippen LogP contribution in [-0.2, 0) is 13.0 Å². The molecule has 2 heterocycles. The van der Waals surface area contributed by atoms with Crippen LogP contribution in [0.1, 0.15) is 40.7 Å². The summed E-state index contributed by atoms with van der Waals surface area (Å²) in [6, 6.07) is 5.15. The lowest BCUT2D eigenvalue weighted by Crippen LogP contribution is -2.82. The van der Waals surface area contributed by atoms with Crippen LogP contribution in [0.15, 0.2) is 29.2 Å². The van der Waals surface area contributed by atoms with E-state index in [-0.39, 0.29) is 12.1 Å². The number of quaternary nitrogens is 1. The minimum Gasteiger partial charge on any atom is -0.501 e. The number of thiazole rings is 1. The molecule has 0 atom stereocenters. The highest BCUT2D eigenvalue weighted by Gasteiger charge is 2.20. The van der Waals surface area contributed by atoms with Gasteiger partial charge in [-0.15, -0.1) is 0 Å². The molecular formula is C19H20Cl2N3O3S+. The van der Waals surface area contributed by atoms with Crippen LogP contribution in [0.5, 0.6) is 5.75 Å². The van der Waals surface area contributed by atoms with Crippen LogP contribution in [0.2, 0.25) is 10.0 Å². The summed E-state index contributed by atoms with van der Waals surface area (Å²) >= 11 is 13.2. The number of halogens is 2. The number of benzene rings is 1. The zero-order valence-corrected chi connectivity index (χ0v) is 17.6. The number of aromatic hydroxyl groups is 1. The molecule has 9 heteroatoms. The van der Waals surface area contributed by atoms with Gasteiger partial charge in [0, 0.05) is 12.6 Å². The molecule has 0 amide bonds. The van der Waals surface area contributed by atoms with Gasteiger partial charge in [-0.05, 0) is 30.5 Å². The molecule has 1 aromatic carbocycles. The largest absolute Gasteiger partial charge is 0.501 e. The van der Waals surface area contributed by atoms with Crippen molar-refractivity contribution in [2.75, 3.05) is 6.54 Å². The Morgan fingerprint density at radius 3 is 2.82 bits per heavy atom. The fourth-order valence-corrected chi connectivity index (χ4v) is 4.07. The molecule has 0 spiro atoms. The average molecular weight is 441 g/mol. The summed E-state index contributed by atoms with van der Waals surface area (Å²) in [6.07, 6.45) is 3.22. The molecule has 148 valence electrons. The number of rotatable bonds is 8. The molecule has 28 heavy (non-hydrogen) atoms. The zero-order chi connectivity index (χ0) is 20.3. The molecule has 3 rings (SSSR count). The summed E-state index contributed by atoms with van der Waals surface area (Å²) in [5.74, 6) is -1.01. The van der Waals surface area contributed by atoms with Gasteiger partial charge < -0.3 is 10.4 Å². The van der Waals surface area contributed by atoms with Crippen molar-refractivity contribution in [1.29, 1.82) is 0 Å². The summed E-state index contributed by atoms with van der Waals surface area (Å²) < 4.78 is 1.30. The van der Waals surface area contributed by atoms with E-state index in [4.69, 9.17) is 23.2 Å². The first-order chi connectivity index (χ1) is 13.4. The number of fused-ring (bicyclic) bond motifs is 1. The van der Waals surface area contributed by atoms with E-state index in [1.54, 1.807) is 24.4 Å². The van der Waals surface area contributed by atoms with E-state index in [1.807, 2.05) is 0 Å². The van der Waals surface area contributed by atoms with Crippen LogP contribution >= 0.6 is 34.5 Å². The number of nitrogens with two attached hydrogens (primary N) is 1. The maximum Gasteiger partial charge on any atom is 0.301 e. The first-order valence-electron chi connectivity index (χ1n) is 8.93. The van der Waals surface area contributed by atoms with Crippen LogP contribution in [0.3, 0.4) is 0 Å². The van der Waals surface area contributed by atoms with Gasteiger partial charge in [0.1, 0.15) is 6.54 Å². The van der Waals surface area contributed by atoms with Gasteiger partial charge in [-0.3, -0.25) is 14.0 Å². The molecule has 0 saturated carbocycles. The second-order valence-corrected chi connectivity index (χ2v) is 8.33. The van der Waals surface area contributed by atoms with Crippen LogP contribution in [0.4, 0.5) is 0 Å². The second kappa shape index (κ2) is 9.05. The Morgan fingerprint density at radius 1 is 1.32 bits per heavy atom. The number of aromatic nitrogens is 2. The molecule has 0 aliphatic carbocycles. The van der Waals surface area contributed by atoms with E-state index in [9.17, 15) is 14.7 Å². The Labute approximate surface area is 175 Å². The van der Waals surface area contributed by atoms with Crippen LogP contribution < -0.4 is 10.9 Å². The highest BCUT2D eigenvalue weighted by molar-refractivity contribution is 7.17. The van der Waals surface area contributed by atoms with E-state index < -0.39 is 17.1 Å². The van der Waals surface area contributed by atoms with Gasteiger partial charge in [0.15, 0.2) is 16.4 Å². The summed E-state index contributed by atoms with van der Waals surface area (Å²) in [6.45, 7) is 3.81. The van der Waals surface area contributed by atoms with E-state index in [1.165, 1.54) is 15.7 Å². The van der Waals surface area contributed by atoms with Gasteiger partial charge in [-0.2, -0.15) is 0 Å². The fraction of sp³-hybridized carbons (Fsp3) is 0.316. The predicted molar refractivity (Wildman–Crippen MR) is 111 cm³/mol. The van der Waals surface area contributed by atoms with Crippen molar-refractivity contribution in [2.45, 2.75) is 32.7 Å². The van der Waals surface area contributed by atoms with Crippen molar-refractivity contribution in [2.24, 2.45) is 0 Å². The average Bonchev–Trinajstić information content (AvgIpc) is 3.09. The normalized spacial score (nSPS) is 11.2. The Hall–Kier alpha value is -1.93. The first-order valence-corrected chi connectivity index (χ1v) is 10.5. The minimum absolute atomic E-state index is 0.0939. The molecule has 3 N–H and O–H groups in total. The minimum atomic E-state index is -0.624. The van der Waals surface area contributed by atoms with Crippen LogP contribution in [0, 0.1) is 0 Å². The Bertz CT molecular complexity index is 1080. The zero-order valence-electron chi connectivity index (χ0n) is 15.2. The van der Waals surface area contributed by atoms with Crippen molar-refractivity contribution >= 4 is 45.3 Å². The smallest absolute Gasteiger partial charge is 0.301 e. The Morgan fingerprint density at radius 2 is 2.11 bits per heavy atom. The molecular weight excluding hydrogens is 421 g/mol. The quantitative estimate of drug-likeness (QED) is 0.416. The molecule has 0 bridgehead atoms. The number of Topliss-reactive ketones (excluding diaryl/α,β-unsaturated/α-hetero) is 1. The number of hydrogen-bond donors (Lipinski definition) is 2. The molecule has 0 saturated heterocycles. The number of carbonyl (C=O) groups excluding carboxylic acids is 1. The van der Waals surface area contributed by atoms with Crippen LogP contribution in [-0.4, -0.2) is 26.8 Å². The lowest BCUT2D eigenvalue weighted by atomic mass is 10.1. The van der Waals surface area contributed by atoms with Crippen molar-refractivity contribution < 1.29 is 15.2 Å². The van der Waals surface area contributed by atoms with Gasteiger partial charge >= 0.3 is 5.56 Å². The SMILES string of the molecule is CCC[NH2+]Cc1cn2c(=O)c(O)c(C(=O)CCc3ccc(Cl)c(Cl)c3)nc2s1. The maximum atomic E-state index is 12.6. The van der Waals surface area contributed by atoms with Crippen molar-refractivity contribution in [3.8, 4) is 5.75 Å². The van der Waals surface area contributed by atoms with E-state index in [0.29, 0.717) is 21.4 Å². The van der Waals surface area contributed by atoms with Crippen molar-refractivity contribution in [3.05, 3.63) is 60.9 Å². The van der Waals surface area contributed by atoms with Crippen LogP contribution in [0.25, 0.3) is 4.96 Å². The standard InChI is InChI=1S/C19H19Cl2N3O3S/c1-2-7-22-9-12-10-24-18(27)17(26)16(23-19(24)28-12)15(25)6-4-11-3-5-13(20)14(21)8-11/h3,5,8,10,22,26H,2,4,6-7,9H2,1H3/p+1. The van der Waals surface area contributed by atoms with E-state index in [2.05, 4.69) is 17.2 Å². The molecule has 0 radical (unpaired) electrons. The molecule has 0 aliphatic rings. The molecule has 2 aromatic heterocycles. The molecule has 0 unspecified atom stereocenters. The fourth-order valence-electron chi connectivity index (χ4n) is 2.79. The van der Waals surface area contributed by atoms with Gasteiger partial charge in [0.2, 0.25) is 5.75 Å². The van der Waals surface area contributed by atoms with Crippen molar-refractivity contribution in [1.82, 2.24) is 9.38 Å². The topological polar surface area (TPSA) is 88.3 Å². The second-order valence-electron chi connectivity index (χ2n) is 6.42. The molecule has 0 aliphatic heterocycles. The summed E-state index contributed by atoms with van der Waals surface area (Å²) in [7, 11) is 0. The summed E-state index contributed by atoms with van der Waals surface area (Å²) in [5.41, 5.74) is 0.0294.